The highest BCUT2D eigenvalue weighted by Gasteiger charge is 2.30. The maximum absolute atomic E-state index is 12.5. The molecule has 1 rings (SSSR count). The monoisotopic (exact) mass is 287 g/mol. The van der Waals surface area contributed by atoms with Gasteiger partial charge in [-0.2, -0.15) is 13.2 Å². The summed E-state index contributed by atoms with van der Waals surface area (Å²) >= 11 is 0. The van der Waals surface area contributed by atoms with Crippen LogP contribution in [0.5, 0.6) is 0 Å². The molecule has 0 aliphatic carbocycles. The Morgan fingerprint density at radius 2 is 2.10 bits per heavy atom. The molecule has 20 heavy (non-hydrogen) atoms. The molecule has 1 unspecified atom stereocenters. The number of halogens is 3. The normalized spacial score (nSPS) is 14.0. The molecule has 1 aromatic carbocycles. The van der Waals surface area contributed by atoms with Crippen molar-refractivity contribution in [3.05, 3.63) is 47.0 Å². The van der Waals surface area contributed by atoms with Crippen LogP contribution in [-0.4, -0.2) is 17.6 Å². The molecule has 0 fully saturated rings. The number of benzene rings is 1. The first-order valence-electron chi connectivity index (χ1n) is 6.02. The molecule has 0 radical (unpaired) electrons. The molecule has 3 nitrogen and oxygen atoms in total. The second-order valence-corrected chi connectivity index (χ2v) is 4.32. The standard InChI is InChI=1S/C14H16F3NO2/c1-3-9(2)13(20)18-8-12(19)10-5-4-6-11(7-10)14(15,16)17/h3-7,12,19H,8H2,1-2H3,(H,18,20)/b9-3-. The summed E-state index contributed by atoms with van der Waals surface area (Å²) in [6.45, 7) is 3.15. The molecular formula is C14H16F3NO2. The summed E-state index contributed by atoms with van der Waals surface area (Å²) in [5.41, 5.74) is -0.246. The lowest BCUT2D eigenvalue weighted by Crippen LogP contribution is -2.29. The summed E-state index contributed by atoms with van der Waals surface area (Å²) < 4.78 is 37.6. The van der Waals surface area contributed by atoms with Crippen LogP contribution in [0.2, 0.25) is 0 Å². The summed E-state index contributed by atoms with van der Waals surface area (Å²) in [6.07, 6.45) is -4.04. The largest absolute Gasteiger partial charge is 0.416 e. The topological polar surface area (TPSA) is 49.3 Å². The van der Waals surface area contributed by atoms with Crippen molar-refractivity contribution in [1.29, 1.82) is 0 Å². The van der Waals surface area contributed by atoms with E-state index in [1.165, 1.54) is 12.1 Å². The first kappa shape index (κ1) is 16.2. The Bertz CT molecular complexity index is 509. The fourth-order valence-electron chi connectivity index (χ4n) is 1.50. The van der Waals surface area contributed by atoms with Gasteiger partial charge in [0.15, 0.2) is 0 Å². The molecule has 0 aromatic heterocycles. The van der Waals surface area contributed by atoms with Crippen molar-refractivity contribution >= 4 is 5.91 Å². The fourth-order valence-corrected chi connectivity index (χ4v) is 1.50. The summed E-state index contributed by atoms with van der Waals surface area (Å²) in [7, 11) is 0. The molecule has 2 N–H and O–H groups in total. The van der Waals surface area contributed by atoms with Crippen molar-refractivity contribution in [2.75, 3.05) is 6.54 Å². The van der Waals surface area contributed by atoms with Gasteiger partial charge in [-0.05, 0) is 31.5 Å². The highest BCUT2D eigenvalue weighted by molar-refractivity contribution is 5.92. The van der Waals surface area contributed by atoms with Crippen molar-refractivity contribution in [3.8, 4) is 0 Å². The van der Waals surface area contributed by atoms with Gasteiger partial charge in [0.2, 0.25) is 5.91 Å². The minimum atomic E-state index is -4.46. The summed E-state index contributed by atoms with van der Waals surface area (Å²) in [4.78, 5) is 11.5. The van der Waals surface area contributed by atoms with Crippen LogP contribution in [0.3, 0.4) is 0 Å². The minimum absolute atomic E-state index is 0.109. The van der Waals surface area contributed by atoms with E-state index in [1.807, 2.05) is 0 Å². The number of allylic oxidation sites excluding steroid dienone is 1. The van der Waals surface area contributed by atoms with Crippen LogP contribution in [0.4, 0.5) is 13.2 Å². The Hall–Kier alpha value is -1.82. The van der Waals surface area contributed by atoms with Crippen LogP contribution in [-0.2, 0) is 11.0 Å². The lowest BCUT2D eigenvalue weighted by atomic mass is 10.1. The zero-order chi connectivity index (χ0) is 15.3. The lowest BCUT2D eigenvalue weighted by Gasteiger charge is -2.14. The molecule has 110 valence electrons. The fraction of sp³-hybridized carbons (Fsp3) is 0.357. The number of nitrogens with one attached hydrogen (secondary N) is 1. The average Bonchev–Trinajstić information content (AvgIpc) is 2.42. The highest BCUT2D eigenvalue weighted by atomic mass is 19.4. The molecular weight excluding hydrogens is 271 g/mol. The number of aliphatic hydroxyl groups excluding tert-OH is 1. The Morgan fingerprint density at radius 3 is 2.65 bits per heavy atom. The molecule has 1 aromatic rings. The van der Waals surface area contributed by atoms with Crippen molar-refractivity contribution in [3.63, 3.8) is 0 Å². The molecule has 0 aliphatic heterocycles. The van der Waals surface area contributed by atoms with E-state index < -0.39 is 17.8 Å². The molecule has 0 aliphatic rings. The molecule has 0 saturated carbocycles. The Balaban J connectivity index is 2.74. The second-order valence-electron chi connectivity index (χ2n) is 4.32. The average molecular weight is 287 g/mol. The van der Waals surface area contributed by atoms with Gasteiger partial charge in [0, 0.05) is 12.1 Å². The number of alkyl halides is 3. The van der Waals surface area contributed by atoms with Crippen LogP contribution in [0.15, 0.2) is 35.9 Å². The second kappa shape index (κ2) is 6.56. The van der Waals surface area contributed by atoms with Gasteiger partial charge >= 0.3 is 6.18 Å². The van der Waals surface area contributed by atoms with Gasteiger partial charge < -0.3 is 10.4 Å². The van der Waals surface area contributed by atoms with Gasteiger partial charge in [0.25, 0.3) is 0 Å². The van der Waals surface area contributed by atoms with Crippen molar-refractivity contribution in [2.24, 2.45) is 0 Å². The zero-order valence-corrected chi connectivity index (χ0v) is 11.2. The molecule has 6 heteroatoms. The van der Waals surface area contributed by atoms with Gasteiger partial charge in [0.05, 0.1) is 11.7 Å². The number of hydrogen-bond donors (Lipinski definition) is 2. The van der Waals surface area contributed by atoms with Crippen LogP contribution in [0.25, 0.3) is 0 Å². The van der Waals surface area contributed by atoms with Gasteiger partial charge in [-0.25, -0.2) is 0 Å². The molecule has 1 atom stereocenters. The first-order valence-corrected chi connectivity index (χ1v) is 6.02. The number of hydrogen-bond acceptors (Lipinski definition) is 2. The van der Waals surface area contributed by atoms with E-state index in [1.54, 1.807) is 19.9 Å². The molecule has 1 amide bonds. The Kier molecular flexibility index (Phi) is 5.33. The third kappa shape index (κ3) is 4.38. The van der Waals surface area contributed by atoms with Gasteiger partial charge in [-0.15, -0.1) is 0 Å². The van der Waals surface area contributed by atoms with Crippen LogP contribution >= 0.6 is 0 Å². The molecule has 0 saturated heterocycles. The smallest absolute Gasteiger partial charge is 0.387 e. The predicted molar refractivity (Wildman–Crippen MR) is 68.8 cm³/mol. The van der Waals surface area contributed by atoms with E-state index >= 15 is 0 Å². The lowest BCUT2D eigenvalue weighted by molar-refractivity contribution is -0.137. The van der Waals surface area contributed by atoms with E-state index in [9.17, 15) is 23.1 Å². The number of aliphatic hydroxyl groups is 1. The predicted octanol–water partition coefficient (Wildman–Crippen LogP) is 2.82. The summed E-state index contributed by atoms with van der Waals surface area (Å²) in [5.74, 6) is -0.362. The number of carbonyl (C=O) groups is 1. The van der Waals surface area contributed by atoms with Crippen molar-refractivity contribution in [2.45, 2.75) is 26.1 Å². The van der Waals surface area contributed by atoms with E-state index in [2.05, 4.69) is 5.32 Å². The SMILES string of the molecule is C/C=C(/C)C(=O)NCC(O)c1cccc(C(F)(F)F)c1. The molecule has 0 bridgehead atoms. The zero-order valence-electron chi connectivity index (χ0n) is 11.2. The van der Waals surface area contributed by atoms with E-state index in [0.717, 1.165) is 12.1 Å². The minimum Gasteiger partial charge on any atom is -0.387 e. The third-order valence-electron chi connectivity index (χ3n) is 2.85. The number of carbonyl (C=O) groups excluding carboxylic acids is 1. The van der Waals surface area contributed by atoms with E-state index in [-0.39, 0.29) is 18.0 Å². The number of amides is 1. The quantitative estimate of drug-likeness (QED) is 0.837. The van der Waals surface area contributed by atoms with Crippen LogP contribution < -0.4 is 5.32 Å². The van der Waals surface area contributed by atoms with Crippen molar-refractivity contribution in [1.82, 2.24) is 5.32 Å². The molecule has 0 spiro atoms. The third-order valence-corrected chi connectivity index (χ3v) is 2.85. The summed E-state index contributed by atoms with van der Waals surface area (Å²) in [6, 6.07) is 4.41. The van der Waals surface area contributed by atoms with E-state index in [0.29, 0.717) is 5.57 Å². The Morgan fingerprint density at radius 1 is 1.45 bits per heavy atom. The number of rotatable bonds is 4. The van der Waals surface area contributed by atoms with Crippen LogP contribution in [0, 0.1) is 0 Å². The molecule has 0 heterocycles. The Labute approximate surface area is 115 Å². The first-order chi connectivity index (χ1) is 9.25. The summed E-state index contributed by atoms with van der Waals surface area (Å²) in [5, 5.41) is 12.3. The highest BCUT2D eigenvalue weighted by Crippen LogP contribution is 2.30. The van der Waals surface area contributed by atoms with Crippen molar-refractivity contribution < 1.29 is 23.1 Å². The van der Waals surface area contributed by atoms with Gasteiger partial charge in [-0.3, -0.25) is 4.79 Å². The maximum Gasteiger partial charge on any atom is 0.416 e. The van der Waals surface area contributed by atoms with E-state index in [4.69, 9.17) is 0 Å². The van der Waals surface area contributed by atoms with Gasteiger partial charge in [-0.1, -0.05) is 18.2 Å². The van der Waals surface area contributed by atoms with Crippen LogP contribution in [0.1, 0.15) is 31.1 Å². The maximum atomic E-state index is 12.5. The van der Waals surface area contributed by atoms with Gasteiger partial charge in [0.1, 0.15) is 0 Å².